The fourth-order valence-electron chi connectivity index (χ4n) is 3.28. The van der Waals surface area contributed by atoms with E-state index in [1.807, 2.05) is 36.4 Å². The molecule has 6 heteroatoms. The highest BCUT2D eigenvalue weighted by Crippen LogP contribution is 2.18. The molecule has 0 spiro atoms. The molecule has 0 heterocycles. The summed E-state index contributed by atoms with van der Waals surface area (Å²) < 4.78 is 5.75. The number of carbonyl (C=O) groups excluding carboxylic acids is 1. The Labute approximate surface area is 192 Å². The van der Waals surface area contributed by atoms with E-state index in [9.17, 15) is 4.79 Å². The number of nitrogens with one attached hydrogen (secondary N) is 2. The SMILES string of the molecule is CCCCCCCOc1ccc(C(=O)NC(=S)Nc2ccc(N(CC)CC)cc2)cc1. The number of unbranched alkanes of at least 4 members (excludes halogenated alkanes) is 4. The number of hydrogen-bond donors (Lipinski definition) is 2. The number of ether oxygens (including phenoxy) is 1. The van der Waals surface area contributed by atoms with Gasteiger partial charge in [0.05, 0.1) is 6.61 Å². The summed E-state index contributed by atoms with van der Waals surface area (Å²) in [4.78, 5) is 14.7. The van der Waals surface area contributed by atoms with Crippen LogP contribution in [0.3, 0.4) is 0 Å². The molecule has 2 aromatic rings. The zero-order valence-electron chi connectivity index (χ0n) is 18.9. The maximum absolute atomic E-state index is 12.5. The van der Waals surface area contributed by atoms with E-state index in [0.717, 1.165) is 36.6 Å². The molecule has 0 saturated carbocycles. The van der Waals surface area contributed by atoms with Crippen LogP contribution in [0.1, 0.15) is 63.2 Å². The molecule has 0 unspecified atom stereocenters. The number of thiocarbonyl (C=S) groups is 1. The first kappa shape index (κ1) is 24.7. The molecular formula is C25H35N3O2S. The Morgan fingerprint density at radius 1 is 0.903 bits per heavy atom. The van der Waals surface area contributed by atoms with Crippen LogP contribution in [0.2, 0.25) is 0 Å². The van der Waals surface area contributed by atoms with Crippen LogP contribution < -0.4 is 20.3 Å². The van der Waals surface area contributed by atoms with Gasteiger partial charge in [-0.1, -0.05) is 32.6 Å². The van der Waals surface area contributed by atoms with E-state index < -0.39 is 0 Å². The van der Waals surface area contributed by atoms with Gasteiger partial charge in [-0.2, -0.15) is 0 Å². The molecule has 0 atom stereocenters. The lowest BCUT2D eigenvalue weighted by Gasteiger charge is -2.21. The molecule has 0 aliphatic carbocycles. The highest BCUT2D eigenvalue weighted by molar-refractivity contribution is 7.80. The molecule has 0 radical (unpaired) electrons. The summed E-state index contributed by atoms with van der Waals surface area (Å²) in [5.41, 5.74) is 2.54. The maximum atomic E-state index is 12.5. The number of carbonyl (C=O) groups is 1. The second kappa shape index (κ2) is 13.7. The summed E-state index contributed by atoms with van der Waals surface area (Å²) in [6.07, 6.45) is 6.02. The lowest BCUT2D eigenvalue weighted by Crippen LogP contribution is -2.34. The Balaban J connectivity index is 1.78. The van der Waals surface area contributed by atoms with Gasteiger partial charge in [0.15, 0.2) is 5.11 Å². The molecule has 168 valence electrons. The van der Waals surface area contributed by atoms with Crippen LogP contribution in [0, 0.1) is 0 Å². The Morgan fingerprint density at radius 2 is 1.55 bits per heavy atom. The number of nitrogens with zero attached hydrogens (tertiary/aromatic N) is 1. The van der Waals surface area contributed by atoms with E-state index in [2.05, 4.69) is 36.3 Å². The van der Waals surface area contributed by atoms with E-state index in [0.29, 0.717) is 12.2 Å². The third-order valence-electron chi connectivity index (χ3n) is 5.11. The summed E-state index contributed by atoms with van der Waals surface area (Å²) in [7, 11) is 0. The largest absolute Gasteiger partial charge is 0.494 e. The predicted molar refractivity (Wildman–Crippen MR) is 134 cm³/mol. The second-order valence-electron chi connectivity index (χ2n) is 7.41. The summed E-state index contributed by atoms with van der Waals surface area (Å²) >= 11 is 5.29. The van der Waals surface area contributed by atoms with Crippen LogP contribution in [0.25, 0.3) is 0 Å². The van der Waals surface area contributed by atoms with Crippen LogP contribution >= 0.6 is 12.2 Å². The average Bonchev–Trinajstić information content (AvgIpc) is 2.78. The Morgan fingerprint density at radius 3 is 2.16 bits per heavy atom. The molecule has 31 heavy (non-hydrogen) atoms. The van der Waals surface area contributed by atoms with Crippen LogP contribution in [-0.4, -0.2) is 30.7 Å². The minimum Gasteiger partial charge on any atom is -0.494 e. The molecular weight excluding hydrogens is 406 g/mol. The van der Waals surface area contributed by atoms with Gasteiger partial charge in [-0.05, 0) is 81.0 Å². The topological polar surface area (TPSA) is 53.6 Å². The Kier molecular flexibility index (Phi) is 10.9. The summed E-state index contributed by atoms with van der Waals surface area (Å²) in [6, 6.07) is 15.2. The highest BCUT2D eigenvalue weighted by Gasteiger charge is 2.09. The van der Waals surface area contributed by atoms with Crippen molar-refractivity contribution in [3.63, 3.8) is 0 Å². The Hall–Kier alpha value is -2.60. The molecule has 0 aromatic heterocycles. The van der Waals surface area contributed by atoms with Crippen LogP contribution in [0.4, 0.5) is 11.4 Å². The van der Waals surface area contributed by atoms with E-state index in [-0.39, 0.29) is 11.0 Å². The van der Waals surface area contributed by atoms with Crippen molar-refractivity contribution in [1.29, 1.82) is 0 Å². The van der Waals surface area contributed by atoms with Crippen molar-refractivity contribution in [2.45, 2.75) is 52.9 Å². The van der Waals surface area contributed by atoms with Crippen molar-refractivity contribution >= 4 is 34.6 Å². The van der Waals surface area contributed by atoms with Gasteiger partial charge in [-0.25, -0.2) is 0 Å². The second-order valence-corrected chi connectivity index (χ2v) is 7.82. The zero-order chi connectivity index (χ0) is 22.5. The molecule has 0 fully saturated rings. The first-order chi connectivity index (χ1) is 15.1. The maximum Gasteiger partial charge on any atom is 0.257 e. The molecule has 2 aromatic carbocycles. The molecule has 0 bridgehead atoms. The van der Waals surface area contributed by atoms with Crippen molar-refractivity contribution in [3.8, 4) is 5.75 Å². The number of hydrogen-bond acceptors (Lipinski definition) is 4. The summed E-state index contributed by atoms with van der Waals surface area (Å²) in [5.74, 6) is 0.532. The van der Waals surface area contributed by atoms with Gasteiger partial charge >= 0.3 is 0 Å². The van der Waals surface area contributed by atoms with Gasteiger partial charge in [0.25, 0.3) is 5.91 Å². The van der Waals surface area contributed by atoms with Crippen molar-refractivity contribution in [2.75, 3.05) is 29.9 Å². The van der Waals surface area contributed by atoms with E-state index in [1.54, 1.807) is 12.1 Å². The minimum atomic E-state index is -0.247. The zero-order valence-corrected chi connectivity index (χ0v) is 19.8. The fraction of sp³-hybridized carbons (Fsp3) is 0.440. The standard InChI is InChI=1S/C25H35N3O2S/c1-4-7-8-9-10-19-30-23-17-11-20(12-18-23)24(29)27-25(31)26-21-13-15-22(16-14-21)28(5-2)6-3/h11-18H,4-10,19H2,1-3H3,(H2,26,27,29,31). The van der Waals surface area contributed by atoms with E-state index in [4.69, 9.17) is 17.0 Å². The van der Waals surface area contributed by atoms with Gasteiger partial charge in [0, 0.05) is 30.0 Å². The molecule has 5 nitrogen and oxygen atoms in total. The number of rotatable bonds is 12. The summed E-state index contributed by atoms with van der Waals surface area (Å²) in [6.45, 7) is 9.10. The van der Waals surface area contributed by atoms with Crippen LogP contribution in [0.15, 0.2) is 48.5 Å². The third kappa shape index (κ3) is 8.58. The predicted octanol–water partition coefficient (Wildman–Crippen LogP) is 6.01. The van der Waals surface area contributed by atoms with Crippen molar-refractivity contribution in [2.24, 2.45) is 0 Å². The fourth-order valence-corrected chi connectivity index (χ4v) is 3.49. The van der Waals surface area contributed by atoms with E-state index >= 15 is 0 Å². The van der Waals surface area contributed by atoms with Crippen molar-refractivity contribution in [3.05, 3.63) is 54.1 Å². The molecule has 1 amide bonds. The third-order valence-corrected chi connectivity index (χ3v) is 5.32. The summed E-state index contributed by atoms with van der Waals surface area (Å²) in [5, 5.41) is 6.06. The molecule has 0 aliphatic rings. The quantitative estimate of drug-likeness (QED) is 0.312. The lowest BCUT2D eigenvalue weighted by atomic mass is 10.2. The van der Waals surface area contributed by atoms with Crippen molar-refractivity contribution < 1.29 is 9.53 Å². The van der Waals surface area contributed by atoms with Crippen LogP contribution in [-0.2, 0) is 0 Å². The number of anilines is 2. The molecule has 0 saturated heterocycles. The normalized spacial score (nSPS) is 10.4. The van der Waals surface area contributed by atoms with Gasteiger partial charge in [0.1, 0.15) is 5.75 Å². The van der Waals surface area contributed by atoms with Crippen LogP contribution in [0.5, 0.6) is 5.75 Å². The highest BCUT2D eigenvalue weighted by atomic mass is 32.1. The monoisotopic (exact) mass is 441 g/mol. The number of amides is 1. The van der Waals surface area contributed by atoms with Gasteiger partial charge in [-0.15, -0.1) is 0 Å². The van der Waals surface area contributed by atoms with E-state index in [1.165, 1.54) is 25.7 Å². The Bertz CT molecular complexity index is 803. The van der Waals surface area contributed by atoms with Crippen molar-refractivity contribution in [1.82, 2.24) is 5.32 Å². The van der Waals surface area contributed by atoms with Gasteiger partial charge < -0.3 is 15.0 Å². The van der Waals surface area contributed by atoms with Gasteiger partial charge in [-0.3, -0.25) is 10.1 Å². The molecule has 2 N–H and O–H groups in total. The molecule has 2 rings (SSSR count). The van der Waals surface area contributed by atoms with Gasteiger partial charge in [0.2, 0.25) is 0 Å². The molecule has 0 aliphatic heterocycles. The minimum absolute atomic E-state index is 0.247. The first-order valence-electron chi connectivity index (χ1n) is 11.3. The smallest absolute Gasteiger partial charge is 0.257 e. The lowest BCUT2D eigenvalue weighted by molar-refractivity contribution is 0.0977. The average molecular weight is 442 g/mol. The number of benzene rings is 2. The first-order valence-corrected chi connectivity index (χ1v) is 11.7.